The van der Waals surface area contributed by atoms with E-state index >= 15 is 0 Å². The summed E-state index contributed by atoms with van der Waals surface area (Å²) in [7, 11) is 0. The van der Waals surface area contributed by atoms with E-state index in [-0.39, 0.29) is 0 Å². The molecule has 2 aliphatic carbocycles. The second kappa shape index (κ2) is 2.27. The second-order valence-corrected chi connectivity index (χ2v) is 4.80. The first kappa shape index (κ1) is 9.35. The van der Waals surface area contributed by atoms with Crippen LogP contribution < -0.4 is 5.32 Å². The number of rotatable bonds is 0. The molecule has 1 aliphatic heterocycles. The van der Waals surface area contributed by atoms with Crippen LogP contribution in [0.3, 0.4) is 0 Å². The Labute approximate surface area is 92.0 Å². The number of nitriles is 2. The maximum absolute atomic E-state index is 11.8. The third-order valence-corrected chi connectivity index (χ3v) is 4.64. The zero-order valence-electron chi connectivity index (χ0n) is 8.54. The smallest absolute Gasteiger partial charge is 0.249 e. The molecule has 0 aromatic rings. The second-order valence-electron chi connectivity index (χ2n) is 4.80. The van der Waals surface area contributed by atoms with Crippen molar-refractivity contribution in [2.24, 2.45) is 16.2 Å². The summed E-state index contributed by atoms with van der Waals surface area (Å²) >= 11 is 0. The molecule has 2 atom stereocenters. The Kier molecular flexibility index (Phi) is 1.33. The van der Waals surface area contributed by atoms with Crippen molar-refractivity contribution in [3.63, 3.8) is 0 Å². The van der Waals surface area contributed by atoms with Crippen molar-refractivity contribution < 1.29 is 9.59 Å². The lowest BCUT2D eigenvalue weighted by atomic mass is 9.89. The van der Waals surface area contributed by atoms with Gasteiger partial charge in [0.2, 0.25) is 11.8 Å². The van der Waals surface area contributed by atoms with E-state index in [1.54, 1.807) is 0 Å². The van der Waals surface area contributed by atoms with Crippen LogP contribution in [0.2, 0.25) is 0 Å². The van der Waals surface area contributed by atoms with Crippen molar-refractivity contribution in [1.29, 1.82) is 10.5 Å². The first-order valence-corrected chi connectivity index (χ1v) is 5.31. The molecule has 0 aromatic heterocycles. The number of nitrogens with one attached hydrogen (secondary N) is 1. The zero-order chi connectivity index (χ0) is 11.6. The van der Waals surface area contributed by atoms with Crippen molar-refractivity contribution >= 4 is 11.8 Å². The highest BCUT2D eigenvalue weighted by Crippen LogP contribution is 2.85. The summed E-state index contributed by atoms with van der Waals surface area (Å²) in [6, 6.07) is 3.93. The van der Waals surface area contributed by atoms with Crippen molar-refractivity contribution in [2.45, 2.75) is 25.7 Å². The SMILES string of the molecule is N#C[C@@]12C(=O)NC(=O)[C@@]1(C#N)C21CCCC1. The summed E-state index contributed by atoms with van der Waals surface area (Å²) in [5, 5.41) is 20.7. The Hall–Kier alpha value is -1.88. The molecule has 3 rings (SSSR count). The number of nitrogens with zero attached hydrogens (tertiary/aromatic N) is 2. The average Bonchev–Trinajstić information content (AvgIpc) is 2.56. The van der Waals surface area contributed by atoms with Crippen LogP contribution >= 0.6 is 0 Å². The summed E-state index contributed by atoms with van der Waals surface area (Å²) in [4.78, 5) is 23.6. The van der Waals surface area contributed by atoms with Crippen molar-refractivity contribution in [3.05, 3.63) is 0 Å². The molecular formula is C11H9N3O2. The fourth-order valence-electron chi connectivity index (χ4n) is 3.97. The Morgan fingerprint density at radius 3 is 1.81 bits per heavy atom. The minimum absolute atomic E-state index is 0.566. The third-order valence-electron chi connectivity index (χ3n) is 4.64. The molecule has 5 nitrogen and oxygen atoms in total. The first-order valence-electron chi connectivity index (χ1n) is 5.31. The van der Waals surface area contributed by atoms with Gasteiger partial charge in [-0.15, -0.1) is 0 Å². The zero-order valence-corrected chi connectivity index (χ0v) is 8.54. The maximum atomic E-state index is 11.8. The summed E-state index contributed by atoms with van der Waals surface area (Å²) in [5.41, 5.74) is -3.49. The highest BCUT2D eigenvalue weighted by molar-refractivity contribution is 6.19. The van der Waals surface area contributed by atoms with E-state index in [9.17, 15) is 20.1 Å². The fraction of sp³-hybridized carbons (Fsp3) is 0.636. The van der Waals surface area contributed by atoms with Gasteiger partial charge in [-0.1, -0.05) is 12.8 Å². The van der Waals surface area contributed by atoms with Gasteiger partial charge in [-0.2, -0.15) is 10.5 Å². The van der Waals surface area contributed by atoms with Crippen LogP contribution in [0.4, 0.5) is 0 Å². The molecule has 80 valence electrons. The normalized spacial score (nSPS) is 42.4. The molecule has 1 saturated heterocycles. The first-order chi connectivity index (χ1) is 7.63. The standard InChI is InChI=1S/C11H9N3O2/c12-5-10-7(15)14-8(16)11(10,6-13)9(10)3-1-2-4-9/h1-4H2,(H,14,15,16)/t10-,11-/m0/s1. The van der Waals surface area contributed by atoms with Gasteiger partial charge in [0, 0.05) is 5.41 Å². The number of hydrogen-bond acceptors (Lipinski definition) is 4. The van der Waals surface area contributed by atoms with Crippen LogP contribution in [0.25, 0.3) is 0 Å². The third kappa shape index (κ3) is 0.512. The van der Waals surface area contributed by atoms with Crippen LogP contribution in [-0.4, -0.2) is 11.8 Å². The molecule has 0 aromatic carbocycles. The number of hydrogen-bond donors (Lipinski definition) is 1. The van der Waals surface area contributed by atoms with Crippen molar-refractivity contribution in [3.8, 4) is 12.1 Å². The number of imide groups is 1. The lowest BCUT2D eigenvalue weighted by Gasteiger charge is -2.15. The van der Waals surface area contributed by atoms with E-state index in [1.807, 2.05) is 12.1 Å². The molecule has 16 heavy (non-hydrogen) atoms. The van der Waals surface area contributed by atoms with E-state index in [2.05, 4.69) is 5.32 Å². The number of carbonyl (C=O) groups is 2. The number of piperidine rings is 1. The van der Waals surface area contributed by atoms with E-state index in [4.69, 9.17) is 0 Å². The molecule has 3 aliphatic rings. The summed E-state index contributed by atoms with van der Waals surface area (Å²) in [5.74, 6) is -1.13. The van der Waals surface area contributed by atoms with Gasteiger partial charge in [0.15, 0.2) is 10.8 Å². The topological polar surface area (TPSA) is 93.8 Å². The molecule has 2 saturated carbocycles. The Morgan fingerprint density at radius 2 is 1.44 bits per heavy atom. The Morgan fingerprint density at radius 1 is 1.00 bits per heavy atom. The van der Waals surface area contributed by atoms with Crippen LogP contribution in [0.5, 0.6) is 0 Å². The van der Waals surface area contributed by atoms with Gasteiger partial charge in [-0.3, -0.25) is 14.9 Å². The van der Waals surface area contributed by atoms with Crippen LogP contribution in [0.15, 0.2) is 0 Å². The molecule has 1 spiro atoms. The number of carbonyl (C=O) groups excluding carboxylic acids is 2. The van der Waals surface area contributed by atoms with Gasteiger partial charge in [0.25, 0.3) is 0 Å². The molecule has 0 bridgehead atoms. The molecular weight excluding hydrogens is 206 g/mol. The molecule has 1 heterocycles. The quantitative estimate of drug-likeness (QED) is 0.585. The molecule has 5 heteroatoms. The minimum atomic E-state index is -1.40. The van der Waals surface area contributed by atoms with Crippen molar-refractivity contribution in [1.82, 2.24) is 5.32 Å². The minimum Gasteiger partial charge on any atom is -0.293 e. The monoisotopic (exact) mass is 215 g/mol. The molecule has 0 unspecified atom stereocenters. The molecule has 1 N–H and O–H groups in total. The predicted octanol–water partition coefficient (Wildman–Crippen LogP) is 0.237. The Bertz CT molecular complexity index is 466. The fourth-order valence-corrected chi connectivity index (χ4v) is 3.97. The van der Waals surface area contributed by atoms with Crippen LogP contribution in [-0.2, 0) is 9.59 Å². The van der Waals surface area contributed by atoms with Gasteiger partial charge in [0.1, 0.15) is 0 Å². The lowest BCUT2D eigenvalue weighted by molar-refractivity contribution is -0.130. The Balaban J connectivity index is 2.27. The molecule has 3 fully saturated rings. The number of amides is 2. The highest BCUT2D eigenvalue weighted by Gasteiger charge is 2.98. The summed E-state index contributed by atoms with van der Waals surface area (Å²) < 4.78 is 0. The van der Waals surface area contributed by atoms with Gasteiger partial charge in [-0.25, -0.2) is 0 Å². The largest absolute Gasteiger partial charge is 0.293 e. The van der Waals surface area contributed by atoms with Crippen LogP contribution in [0.1, 0.15) is 25.7 Å². The van der Waals surface area contributed by atoms with Gasteiger partial charge >= 0.3 is 0 Å². The van der Waals surface area contributed by atoms with Gasteiger partial charge in [-0.05, 0) is 12.8 Å². The van der Waals surface area contributed by atoms with Crippen LogP contribution in [0, 0.1) is 38.9 Å². The van der Waals surface area contributed by atoms with E-state index in [0.717, 1.165) is 12.8 Å². The van der Waals surface area contributed by atoms with Crippen molar-refractivity contribution in [2.75, 3.05) is 0 Å². The van der Waals surface area contributed by atoms with Gasteiger partial charge < -0.3 is 0 Å². The van der Waals surface area contributed by atoms with Gasteiger partial charge in [0.05, 0.1) is 12.1 Å². The van der Waals surface area contributed by atoms with E-state index < -0.39 is 28.1 Å². The highest BCUT2D eigenvalue weighted by atomic mass is 16.2. The average molecular weight is 215 g/mol. The maximum Gasteiger partial charge on any atom is 0.249 e. The summed E-state index contributed by atoms with van der Waals surface area (Å²) in [6.45, 7) is 0. The lowest BCUT2D eigenvalue weighted by Crippen LogP contribution is -2.36. The van der Waals surface area contributed by atoms with E-state index in [1.165, 1.54) is 0 Å². The van der Waals surface area contributed by atoms with E-state index in [0.29, 0.717) is 12.8 Å². The molecule has 2 amide bonds. The number of fused-ring (bicyclic) bond motifs is 3. The molecule has 0 radical (unpaired) electrons. The summed E-state index contributed by atoms with van der Waals surface area (Å²) in [6.07, 6.45) is 3.03. The predicted molar refractivity (Wildman–Crippen MR) is 50.1 cm³/mol.